The van der Waals surface area contributed by atoms with Gasteiger partial charge in [0.15, 0.2) is 0 Å². The molecule has 0 saturated carbocycles. The molecule has 8 nitrogen and oxygen atoms in total. The van der Waals surface area contributed by atoms with E-state index in [2.05, 4.69) is 10.6 Å². The van der Waals surface area contributed by atoms with Crippen LogP contribution < -0.4 is 20.1 Å². The maximum atomic E-state index is 12.4. The van der Waals surface area contributed by atoms with Gasteiger partial charge in [0.2, 0.25) is 0 Å². The first-order chi connectivity index (χ1) is 12.5. The predicted octanol–water partition coefficient (Wildman–Crippen LogP) is 3.16. The van der Waals surface area contributed by atoms with Crippen LogP contribution in [-0.4, -0.2) is 38.1 Å². The van der Waals surface area contributed by atoms with E-state index < -0.39 is 10.8 Å². The molecular formula is C18H22ClN3O5. The summed E-state index contributed by atoms with van der Waals surface area (Å²) in [6.45, 7) is 1.20. The molecule has 0 atom stereocenters. The second-order valence-corrected chi connectivity index (χ2v) is 5.43. The lowest BCUT2D eigenvalue weighted by molar-refractivity contribution is -0.384. The summed E-state index contributed by atoms with van der Waals surface area (Å²) in [7, 11) is 3.38. The zero-order valence-corrected chi connectivity index (χ0v) is 15.9. The molecule has 0 saturated heterocycles. The molecule has 0 aliphatic heterocycles. The molecule has 2 N–H and O–H groups in total. The first-order valence-electron chi connectivity index (χ1n) is 8.08. The molecule has 1 amide bonds. The smallest absolute Gasteiger partial charge is 0.270 e. The van der Waals surface area contributed by atoms with Gasteiger partial charge in [-0.05, 0) is 50.3 Å². The van der Waals surface area contributed by atoms with E-state index in [4.69, 9.17) is 9.47 Å². The summed E-state index contributed by atoms with van der Waals surface area (Å²) in [6, 6.07) is 10.8. The van der Waals surface area contributed by atoms with Crippen LogP contribution in [0.3, 0.4) is 0 Å². The van der Waals surface area contributed by atoms with Crippen molar-refractivity contribution >= 4 is 24.0 Å². The topological polar surface area (TPSA) is 103 Å². The quantitative estimate of drug-likeness (QED) is 0.384. The number of amides is 1. The summed E-state index contributed by atoms with van der Waals surface area (Å²) in [4.78, 5) is 22.9. The molecular weight excluding hydrogens is 374 g/mol. The Hall–Kier alpha value is -2.84. The van der Waals surface area contributed by atoms with Crippen molar-refractivity contribution in [3.8, 4) is 17.2 Å². The van der Waals surface area contributed by atoms with Gasteiger partial charge in [-0.1, -0.05) is 0 Å². The van der Waals surface area contributed by atoms with Gasteiger partial charge in [0.05, 0.1) is 17.6 Å². The normalized spacial score (nSPS) is 9.85. The van der Waals surface area contributed by atoms with E-state index in [1.165, 1.54) is 18.2 Å². The Labute approximate surface area is 163 Å². The Bertz CT molecular complexity index is 768. The molecule has 0 fully saturated rings. The minimum absolute atomic E-state index is 0. The number of carbonyl (C=O) groups is 1. The Morgan fingerprint density at radius 3 is 2.37 bits per heavy atom. The summed E-state index contributed by atoms with van der Waals surface area (Å²) in [5.74, 6) is 0.979. The number of ether oxygens (including phenoxy) is 2. The van der Waals surface area contributed by atoms with Gasteiger partial charge in [0.25, 0.3) is 11.6 Å². The molecule has 0 aromatic heterocycles. The molecule has 146 valence electrons. The van der Waals surface area contributed by atoms with Crippen molar-refractivity contribution in [2.75, 3.05) is 27.2 Å². The first-order valence-corrected chi connectivity index (χ1v) is 8.08. The molecule has 2 aromatic carbocycles. The number of nitrogens with zero attached hydrogens (tertiary/aromatic N) is 1. The first kappa shape index (κ1) is 22.2. The average Bonchev–Trinajstić information content (AvgIpc) is 2.65. The fourth-order valence-electron chi connectivity index (χ4n) is 2.23. The Morgan fingerprint density at radius 2 is 1.78 bits per heavy atom. The number of nitro groups is 1. The second-order valence-electron chi connectivity index (χ2n) is 5.43. The van der Waals surface area contributed by atoms with Crippen LogP contribution in [0.4, 0.5) is 5.69 Å². The van der Waals surface area contributed by atoms with E-state index in [1.807, 2.05) is 7.05 Å². The molecule has 0 aliphatic rings. The molecule has 0 bridgehead atoms. The van der Waals surface area contributed by atoms with E-state index in [0.29, 0.717) is 18.0 Å². The molecule has 0 unspecified atom stereocenters. The summed E-state index contributed by atoms with van der Waals surface area (Å²) < 4.78 is 10.8. The molecule has 0 spiro atoms. The Balaban J connectivity index is 0.00000364. The van der Waals surface area contributed by atoms with Crippen LogP contribution in [0.5, 0.6) is 17.2 Å². The highest BCUT2D eigenvalue weighted by Gasteiger charge is 2.18. The fourth-order valence-corrected chi connectivity index (χ4v) is 2.23. The third kappa shape index (κ3) is 6.43. The molecule has 0 heterocycles. The number of rotatable bonds is 9. The number of non-ortho nitro benzene ring substituents is 1. The van der Waals surface area contributed by atoms with Crippen molar-refractivity contribution in [2.45, 2.75) is 6.42 Å². The van der Waals surface area contributed by atoms with Crippen LogP contribution in [-0.2, 0) is 0 Å². The lowest BCUT2D eigenvalue weighted by atomic mass is 10.1. The SMILES string of the molecule is CNCCCNC(=O)c1cc([N+](=O)[O-])ccc1Oc1ccc(OC)cc1.Cl. The van der Waals surface area contributed by atoms with E-state index >= 15 is 0 Å². The van der Waals surface area contributed by atoms with Gasteiger partial charge in [-0.15, -0.1) is 12.4 Å². The van der Waals surface area contributed by atoms with Gasteiger partial charge in [-0.25, -0.2) is 0 Å². The second kappa shape index (κ2) is 11.0. The van der Waals surface area contributed by atoms with E-state index in [1.54, 1.807) is 31.4 Å². The van der Waals surface area contributed by atoms with Crippen LogP contribution >= 0.6 is 12.4 Å². The van der Waals surface area contributed by atoms with Gasteiger partial charge in [-0.2, -0.15) is 0 Å². The molecule has 0 aliphatic carbocycles. The molecule has 2 rings (SSSR count). The molecule has 2 aromatic rings. The highest BCUT2D eigenvalue weighted by Crippen LogP contribution is 2.29. The van der Waals surface area contributed by atoms with Crippen molar-refractivity contribution in [1.82, 2.24) is 10.6 Å². The zero-order valence-electron chi connectivity index (χ0n) is 15.1. The minimum atomic E-state index is -0.547. The van der Waals surface area contributed by atoms with Crippen molar-refractivity contribution in [1.29, 1.82) is 0 Å². The number of methoxy groups -OCH3 is 1. The fraction of sp³-hybridized carbons (Fsp3) is 0.278. The zero-order chi connectivity index (χ0) is 18.9. The Morgan fingerprint density at radius 1 is 1.11 bits per heavy atom. The van der Waals surface area contributed by atoms with Crippen LogP contribution in [0, 0.1) is 10.1 Å². The van der Waals surface area contributed by atoms with Gasteiger partial charge >= 0.3 is 0 Å². The minimum Gasteiger partial charge on any atom is -0.497 e. The van der Waals surface area contributed by atoms with Gasteiger partial charge in [0.1, 0.15) is 17.2 Å². The lowest BCUT2D eigenvalue weighted by Crippen LogP contribution is -2.27. The third-order valence-electron chi connectivity index (χ3n) is 3.59. The predicted molar refractivity (Wildman–Crippen MR) is 104 cm³/mol. The maximum absolute atomic E-state index is 12.4. The van der Waals surface area contributed by atoms with Crippen molar-refractivity contribution in [2.24, 2.45) is 0 Å². The maximum Gasteiger partial charge on any atom is 0.270 e. The number of halogens is 1. The molecule has 0 radical (unpaired) electrons. The van der Waals surface area contributed by atoms with Gasteiger partial charge in [0, 0.05) is 18.7 Å². The molecule has 9 heteroatoms. The van der Waals surface area contributed by atoms with Crippen molar-refractivity contribution in [3.05, 3.63) is 58.1 Å². The van der Waals surface area contributed by atoms with Crippen LogP contribution in [0.1, 0.15) is 16.8 Å². The summed E-state index contributed by atoms with van der Waals surface area (Å²) in [5, 5.41) is 16.8. The summed E-state index contributed by atoms with van der Waals surface area (Å²) in [6.07, 6.45) is 0.742. The summed E-state index contributed by atoms with van der Waals surface area (Å²) in [5.41, 5.74) is -0.0630. The average molecular weight is 396 g/mol. The monoisotopic (exact) mass is 395 g/mol. The molecule has 27 heavy (non-hydrogen) atoms. The van der Waals surface area contributed by atoms with Gasteiger partial charge < -0.3 is 20.1 Å². The number of nitro benzene ring substituents is 1. The van der Waals surface area contributed by atoms with Crippen LogP contribution in [0.2, 0.25) is 0 Å². The van der Waals surface area contributed by atoms with Crippen LogP contribution in [0.15, 0.2) is 42.5 Å². The largest absolute Gasteiger partial charge is 0.497 e. The van der Waals surface area contributed by atoms with E-state index in [-0.39, 0.29) is 29.4 Å². The lowest BCUT2D eigenvalue weighted by Gasteiger charge is -2.12. The van der Waals surface area contributed by atoms with E-state index in [0.717, 1.165) is 13.0 Å². The van der Waals surface area contributed by atoms with Gasteiger partial charge in [-0.3, -0.25) is 14.9 Å². The van der Waals surface area contributed by atoms with Crippen molar-refractivity contribution in [3.63, 3.8) is 0 Å². The van der Waals surface area contributed by atoms with Crippen LogP contribution in [0.25, 0.3) is 0 Å². The number of hydrogen-bond acceptors (Lipinski definition) is 6. The standard InChI is InChI=1S/C18H21N3O5.ClH/c1-19-10-3-11-20-18(22)16-12-13(21(23)24)4-9-17(16)26-15-7-5-14(25-2)6-8-15;/h4-9,12,19H,3,10-11H2,1-2H3,(H,20,22);1H. The Kier molecular flexibility index (Phi) is 9.04. The third-order valence-corrected chi connectivity index (χ3v) is 3.59. The van der Waals surface area contributed by atoms with Crippen molar-refractivity contribution < 1.29 is 19.2 Å². The number of carbonyl (C=O) groups excluding carboxylic acids is 1. The highest BCUT2D eigenvalue weighted by atomic mass is 35.5. The summed E-state index contributed by atoms with van der Waals surface area (Å²) >= 11 is 0. The number of hydrogen-bond donors (Lipinski definition) is 2. The number of nitrogens with one attached hydrogen (secondary N) is 2. The highest BCUT2D eigenvalue weighted by molar-refractivity contribution is 5.97. The van der Waals surface area contributed by atoms with E-state index in [9.17, 15) is 14.9 Å². The number of benzene rings is 2.